The summed E-state index contributed by atoms with van der Waals surface area (Å²) in [5.74, 6) is 0. The quantitative estimate of drug-likeness (QED) is 0.208. The Morgan fingerprint density at radius 2 is 1.25 bits per heavy atom. The fourth-order valence-corrected chi connectivity index (χ4v) is 17.6. The van der Waals surface area contributed by atoms with Gasteiger partial charge in [0.15, 0.2) is 0 Å². The van der Waals surface area contributed by atoms with Crippen molar-refractivity contribution in [3.05, 3.63) is 95.4 Å². The molecule has 3 rings (SSSR count). The molecule has 0 aliphatic heterocycles. The third kappa shape index (κ3) is 8.04. The van der Waals surface area contributed by atoms with Crippen LogP contribution in [0.15, 0.2) is 84.2 Å². The van der Waals surface area contributed by atoms with Crippen LogP contribution < -0.4 is 5.30 Å². The van der Waals surface area contributed by atoms with E-state index in [0.29, 0.717) is 0 Å². The molecule has 5 heteroatoms. The van der Waals surface area contributed by atoms with E-state index < -0.39 is 32.2 Å². The van der Waals surface area contributed by atoms with Crippen molar-refractivity contribution in [1.82, 2.24) is 0 Å². The van der Waals surface area contributed by atoms with Gasteiger partial charge in [-0.1, -0.05) is 62.8 Å². The normalized spacial score (nSPS) is 15.6. The van der Waals surface area contributed by atoms with Gasteiger partial charge in [-0.3, -0.25) is 0 Å². The Hall–Kier alpha value is -0.545. The third-order valence-electron chi connectivity index (χ3n) is 5.99. The molecule has 2 aromatic carbocycles. The maximum atomic E-state index is 4.19. The minimum atomic E-state index is -1.88. The van der Waals surface area contributed by atoms with Crippen LogP contribution in [0, 0.1) is 0 Å². The Balaban J connectivity index is 0.000000346. The van der Waals surface area contributed by atoms with E-state index in [2.05, 4.69) is 130 Å². The van der Waals surface area contributed by atoms with Gasteiger partial charge in [0, 0.05) is 0 Å². The fourth-order valence-electron chi connectivity index (χ4n) is 3.76. The molecular formula is C27H45PSi3Ti. The molecule has 2 unspecified atom stereocenters. The van der Waals surface area contributed by atoms with Crippen molar-refractivity contribution in [1.29, 1.82) is 0 Å². The van der Waals surface area contributed by atoms with Crippen molar-refractivity contribution < 1.29 is 16.1 Å². The summed E-state index contributed by atoms with van der Waals surface area (Å²) < 4.78 is 0.717. The summed E-state index contributed by atoms with van der Waals surface area (Å²) in [5, 5.41) is 9.40. The molecule has 1 aliphatic carbocycles. The van der Waals surface area contributed by atoms with Crippen molar-refractivity contribution in [3.8, 4) is 0 Å². The maximum Gasteiger partial charge on any atom is -0.0149 e. The van der Waals surface area contributed by atoms with Gasteiger partial charge in [0.05, 0.1) is 16.1 Å². The summed E-state index contributed by atoms with van der Waals surface area (Å²) in [7, 11) is -2.39. The van der Waals surface area contributed by atoms with Crippen LogP contribution in [0.25, 0.3) is 6.08 Å². The van der Waals surface area contributed by atoms with Gasteiger partial charge in [0.2, 0.25) is 0 Å². The summed E-state index contributed by atoms with van der Waals surface area (Å²) in [6, 6.07) is 19.9. The first-order valence-corrected chi connectivity index (χ1v) is 25.6. The number of hydrogen-bond donors (Lipinski definition) is 0. The van der Waals surface area contributed by atoms with Crippen LogP contribution in [-0.4, -0.2) is 27.1 Å². The van der Waals surface area contributed by atoms with Gasteiger partial charge in [-0.25, -0.2) is 0 Å². The van der Waals surface area contributed by atoms with Gasteiger partial charge >= 0.3 is 121 Å². The van der Waals surface area contributed by atoms with Crippen LogP contribution in [0.5, 0.6) is 0 Å². The van der Waals surface area contributed by atoms with E-state index in [1.807, 2.05) is 0 Å². The first-order chi connectivity index (χ1) is 14.2. The van der Waals surface area contributed by atoms with Gasteiger partial charge in [-0.2, -0.15) is 0 Å². The second-order valence-electron chi connectivity index (χ2n) is 11.1. The van der Waals surface area contributed by atoms with Gasteiger partial charge in [-0.05, 0) is 11.0 Å². The van der Waals surface area contributed by atoms with E-state index >= 15 is 0 Å². The van der Waals surface area contributed by atoms with Crippen molar-refractivity contribution >= 4 is 45.1 Å². The predicted octanol–water partition coefficient (Wildman–Crippen LogP) is 7.33. The van der Waals surface area contributed by atoms with Gasteiger partial charge in [0.1, 0.15) is 0 Å². The van der Waals surface area contributed by atoms with E-state index in [1.54, 1.807) is 5.56 Å². The van der Waals surface area contributed by atoms with E-state index in [9.17, 15) is 0 Å². The first kappa shape index (κ1) is 29.5. The molecule has 2 atom stereocenters. The molecule has 0 saturated heterocycles. The van der Waals surface area contributed by atoms with E-state index in [0.717, 1.165) is 10.8 Å². The molecule has 0 spiro atoms. The molecule has 2 aromatic rings. The zero-order valence-corrected chi connectivity index (χ0v) is 25.4. The Kier molecular flexibility index (Phi) is 10.8. The van der Waals surface area contributed by atoms with E-state index in [4.69, 9.17) is 0 Å². The van der Waals surface area contributed by atoms with Crippen LogP contribution in [0.3, 0.4) is 0 Å². The Labute approximate surface area is 209 Å². The SMILES string of the molecule is C=C(C(=C)[Si](C)(C)C)[Si](C)(C)C.[CH3][Ti]([CH3])([PH]c1ccccc1)[CH]1C=Cc2ccccc21.[SiH4]. The zero-order valence-electron chi connectivity index (χ0n) is 20.8. The molecule has 0 bridgehead atoms. The average molecular weight is 533 g/mol. The predicted molar refractivity (Wildman–Crippen MR) is 161 cm³/mol. The molecule has 0 amide bonds. The number of rotatable bonds is 6. The van der Waals surface area contributed by atoms with Crippen LogP contribution >= 0.6 is 6.57 Å². The van der Waals surface area contributed by atoms with Crippen molar-refractivity contribution in [3.63, 3.8) is 0 Å². The van der Waals surface area contributed by atoms with Crippen LogP contribution in [0.1, 0.15) is 15.3 Å². The number of fused-ring (bicyclic) bond motifs is 1. The summed E-state index contributed by atoms with van der Waals surface area (Å²) >= 11 is -1.88. The average Bonchev–Trinajstić information content (AvgIpc) is 3.11. The standard InChI is InChI=1S/C10H22Si2.C9H7.C6H6P.2CH3.H4Si.Ti/c1-9(11(3,4)5)10(2)12(6,7)8;1-2-5-9-7-3-6-8(9)4-1;7-6-4-2-1-3-5-6;;;;/h1-2H2,3-8H3;1-7H;1-5,7H;2*1H3;1H4;/q;;-1;;;;+1. The molecule has 32 heavy (non-hydrogen) atoms. The van der Waals surface area contributed by atoms with Gasteiger partial charge in [0.25, 0.3) is 0 Å². The molecule has 0 aromatic heterocycles. The molecule has 0 N–H and O–H groups in total. The second-order valence-corrected chi connectivity index (χ2v) is 35.0. The largest absolute Gasteiger partial charge is 0.0149 e. The first-order valence-electron chi connectivity index (χ1n) is 11.2. The molecule has 0 nitrogen and oxygen atoms in total. The van der Waals surface area contributed by atoms with Crippen molar-refractivity contribution in [2.24, 2.45) is 0 Å². The van der Waals surface area contributed by atoms with Crippen LogP contribution in [0.2, 0.25) is 49.7 Å². The summed E-state index contributed by atoms with van der Waals surface area (Å²) in [6.07, 6.45) is 4.78. The van der Waals surface area contributed by atoms with E-state index in [-0.39, 0.29) is 11.0 Å². The molecule has 174 valence electrons. The summed E-state index contributed by atoms with van der Waals surface area (Å²) in [6.45, 7) is 23.4. The number of allylic oxidation sites excluding steroid dienone is 3. The number of hydrogen-bond acceptors (Lipinski definition) is 0. The topological polar surface area (TPSA) is 0 Å². The van der Waals surface area contributed by atoms with Crippen molar-refractivity contribution in [2.45, 2.75) is 54.0 Å². The van der Waals surface area contributed by atoms with E-state index in [1.165, 1.54) is 21.3 Å². The summed E-state index contributed by atoms with van der Waals surface area (Å²) in [5.41, 5.74) is 3.00. The zero-order chi connectivity index (χ0) is 23.4. The number of benzene rings is 2. The maximum absolute atomic E-state index is 4.19. The van der Waals surface area contributed by atoms with Gasteiger partial charge < -0.3 is 0 Å². The van der Waals surface area contributed by atoms with Crippen LogP contribution in [0.4, 0.5) is 0 Å². The molecule has 0 radical (unpaired) electrons. The summed E-state index contributed by atoms with van der Waals surface area (Å²) in [4.78, 5) is 0. The molecular weight excluding hydrogens is 487 g/mol. The molecule has 0 fully saturated rings. The minimum Gasteiger partial charge on any atom is -0.0149 e. The molecule has 0 heterocycles. The Morgan fingerprint density at radius 3 is 1.75 bits per heavy atom. The molecule has 0 saturated carbocycles. The van der Waals surface area contributed by atoms with Crippen molar-refractivity contribution in [2.75, 3.05) is 0 Å². The Bertz CT molecular complexity index is 927. The van der Waals surface area contributed by atoms with Crippen LogP contribution in [-0.2, 0) is 16.1 Å². The minimum absolute atomic E-state index is 0. The smallest absolute Gasteiger partial charge is 0.0149 e. The fraction of sp³-hybridized carbons (Fsp3) is 0.333. The monoisotopic (exact) mass is 532 g/mol. The second kappa shape index (κ2) is 11.7. The third-order valence-corrected chi connectivity index (χ3v) is 20.6. The van der Waals surface area contributed by atoms with Gasteiger partial charge in [-0.15, -0.1) is 0 Å². The molecule has 1 aliphatic rings. The Morgan fingerprint density at radius 1 is 0.781 bits per heavy atom.